The van der Waals surface area contributed by atoms with E-state index in [1.165, 1.54) is 0 Å². The molecule has 0 rings (SSSR count). The lowest BCUT2D eigenvalue weighted by Crippen LogP contribution is -2.64. The van der Waals surface area contributed by atoms with E-state index in [1.807, 2.05) is 35.0 Å². The van der Waals surface area contributed by atoms with Crippen molar-refractivity contribution in [2.45, 2.75) is 31.7 Å². The predicted molar refractivity (Wildman–Crippen MR) is 51.1 cm³/mol. The maximum absolute atomic E-state index is 9.85. The Morgan fingerprint density at radius 1 is 1.17 bits per heavy atom. The first-order chi connectivity index (χ1) is 5.51. The summed E-state index contributed by atoms with van der Waals surface area (Å²) in [7, 11) is 5.48. The maximum Gasteiger partial charge on any atom is 0.1000 e. The van der Waals surface area contributed by atoms with E-state index in [9.17, 15) is 5.11 Å². The van der Waals surface area contributed by atoms with Gasteiger partial charge in [0.25, 0.3) is 0 Å². The van der Waals surface area contributed by atoms with E-state index >= 15 is 0 Å². The Morgan fingerprint density at radius 2 is 1.58 bits per heavy atom. The molecule has 0 aliphatic rings. The Bertz CT molecular complexity index is 125. The zero-order valence-corrected chi connectivity index (χ0v) is 8.60. The van der Waals surface area contributed by atoms with Gasteiger partial charge in [0.2, 0.25) is 0 Å². The smallest absolute Gasteiger partial charge is 0.1000 e. The van der Waals surface area contributed by atoms with E-state index in [2.05, 4.69) is 16.0 Å². The van der Waals surface area contributed by atoms with Crippen molar-refractivity contribution < 1.29 is 5.11 Å². The second-order valence-electron chi connectivity index (χ2n) is 3.22. The van der Waals surface area contributed by atoms with Crippen molar-refractivity contribution in [3.8, 4) is 0 Å². The molecule has 2 unspecified atom stereocenters. The van der Waals surface area contributed by atoms with Crippen LogP contribution in [0.3, 0.4) is 0 Å². The molecule has 0 fully saturated rings. The molecule has 74 valence electrons. The third-order valence-electron chi connectivity index (χ3n) is 2.56. The van der Waals surface area contributed by atoms with Gasteiger partial charge in [-0.05, 0) is 35.0 Å². The zero-order chi connectivity index (χ0) is 9.78. The lowest BCUT2D eigenvalue weighted by molar-refractivity contribution is 0.0332. The molecule has 2 atom stereocenters. The average Bonchev–Trinajstić information content (AvgIpc) is 2.14. The summed E-state index contributed by atoms with van der Waals surface area (Å²) in [6.45, 7) is 3.86. The molecule has 4 N–H and O–H groups in total. The molecule has 0 aromatic rings. The fourth-order valence-electron chi connectivity index (χ4n) is 1.08. The summed E-state index contributed by atoms with van der Waals surface area (Å²) in [5, 5.41) is 18.9. The first-order valence-electron chi connectivity index (χ1n) is 4.25. The Balaban J connectivity index is 4.29. The van der Waals surface area contributed by atoms with Gasteiger partial charge in [-0.1, -0.05) is 0 Å². The van der Waals surface area contributed by atoms with E-state index in [4.69, 9.17) is 0 Å². The summed E-state index contributed by atoms with van der Waals surface area (Å²) in [4.78, 5) is 0. The van der Waals surface area contributed by atoms with Gasteiger partial charge in [-0.15, -0.1) is 0 Å². The van der Waals surface area contributed by atoms with Crippen LogP contribution in [0.1, 0.15) is 13.8 Å². The van der Waals surface area contributed by atoms with Gasteiger partial charge >= 0.3 is 0 Å². The molecule has 0 saturated heterocycles. The van der Waals surface area contributed by atoms with Crippen molar-refractivity contribution in [3.63, 3.8) is 0 Å². The molecule has 4 heteroatoms. The van der Waals surface area contributed by atoms with Crippen molar-refractivity contribution >= 4 is 0 Å². The van der Waals surface area contributed by atoms with Crippen molar-refractivity contribution in [2.24, 2.45) is 0 Å². The number of likely N-dealkylation sites (N-methyl/N-ethyl adjacent to an activating group) is 3. The van der Waals surface area contributed by atoms with Crippen LogP contribution < -0.4 is 16.0 Å². The van der Waals surface area contributed by atoms with Crippen molar-refractivity contribution in [3.05, 3.63) is 0 Å². The predicted octanol–water partition coefficient (Wildman–Crippen LogP) is -0.890. The van der Waals surface area contributed by atoms with Crippen LogP contribution in [0.4, 0.5) is 0 Å². The van der Waals surface area contributed by atoms with E-state index < -0.39 is 11.8 Å². The van der Waals surface area contributed by atoms with Crippen LogP contribution in [0.5, 0.6) is 0 Å². The number of nitrogens with one attached hydrogen (secondary N) is 3. The minimum atomic E-state index is -0.475. The molecule has 0 saturated carbocycles. The van der Waals surface area contributed by atoms with Crippen LogP contribution in [-0.2, 0) is 0 Å². The van der Waals surface area contributed by atoms with Gasteiger partial charge in [0, 0.05) is 6.04 Å². The Morgan fingerprint density at radius 3 is 1.83 bits per heavy atom. The summed E-state index contributed by atoms with van der Waals surface area (Å²) in [6.07, 6.45) is -0.475. The summed E-state index contributed by atoms with van der Waals surface area (Å²) in [6, 6.07) is 0.0508. The fraction of sp³-hybridized carbons (Fsp3) is 1.00. The highest BCUT2D eigenvalue weighted by molar-refractivity contribution is 4.90. The topological polar surface area (TPSA) is 56.3 Å². The van der Waals surface area contributed by atoms with E-state index in [0.717, 1.165) is 0 Å². The second kappa shape index (κ2) is 4.77. The highest BCUT2D eigenvalue weighted by atomic mass is 16.3. The minimum Gasteiger partial charge on any atom is -0.388 e. The Hall–Kier alpha value is -0.160. The Kier molecular flexibility index (Phi) is 4.70. The number of aliphatic hydroxyl groups is 1. The van der Waals surface area contributed by atoms with Gasteiger partial charge in [0.05, 0.1) is 11.8 Å². The summed E-state index contributed by atoms with van der Waals surface area (Å²) in [5.74, 6) is 0. The van der Waals surface area contributed by atoms with Gasteiger partial charge in [0.15, 0.2) is 0 Å². The van der Waals surface area contributed by atoms with E-state index in [-0.39, 0.29) is 6.04 Å². The normalized spacial score (nSPS) is 17.5. The SMILES string of the molecule is CNC(C)C(O)C(C)(NC)NC. The third kappa shape index (κ3) is 2.42. The highest BCUT2D eigenvalue weighted by Crippen LogP contribution is 2.08. The number of hydrogen-bond acceptors (Lipinski definition) is 4. The van der Waals surface area contributed by atoms with E-state index in [1.54, 1.807) is 0 Å². The summed E-state index contributed by atoms with van der Waals surface area (Å²) >= 11 is 0. The first kappa shape index (κ1) is 11.8. The zero-order valence-electron chi connectivity index (χ0n) is 8.60. The maximum atomic E-state index is 9.85. The van der Waals surface area contributed by atoms with Crippen LogP contribution >= 0.6 is 0 Å². The van der Waals surface area contributed by atoms with Crippen LogP contribution in [-0.4, -0.2) is 44.1 Å². The summed E-state index contributed by atoms with van der Waals surface area (Å²) in [5.41, 5.74) is -0.442. The lowest BCUT2D eigenvalue weighted by atomic mass is 9.99. The van der Waals surface area contributed by atoms with E-state index in [0.29, 0.717) is 0 Å². The van der Waals surface area contributed by atoms with Gasteiger partial charge in [-0.2, -0.15) is 0 Å². The molecule has 4 nitrogen and oxygen atoms in total. The average molecular weight is 175 g/mol. The monoisotopic (exact) mass is 175 g/mol. The molecule has 0 aromatic heterocycles. The van der Waals surface area contributed by atoms with Crippen molar-refractivity contribution in [1.29, 1.82) is 0 Å². The molecule has 0 radical (unpaired) electrons. The minimum absolute atomic E-state index is 0.0508. The van der Waals surface area contributed by atoms with Gasteiger partial charge in [-0.25, -0.2) is 0 Å². The van der Waals surface area contributed by atoms with Crippen molar-refractivity contribution in [1.82, 2.24) is 16.0 Å². The van der Waals surface area contributed by atoms with Gasteiger partial charge < -0.3 is 21.1 Å². The number of aliphatic hydroxyl groups excluding tert-OH is 1. The standard InChI is InChI=1S/C8H21N3O/c1-6(9-3)7(12)8(2,10-4)11-5/h6-7,9-12H,1-5H3. The quantitative estimate of drug-likeness (QED) is 0.410. The largest absolute Gasteiger partial charge is 0.388 e. The van der Waals surface area contributed by atoms with Gasteiger partial charge in [0.1, 0.15) is 0 Å². The molecular weight excluding hydrogens is 154 g/mol. The first-order valence-corrected chi connectivity index (χ1v) is 4.25. The number of rotatable bonds is 5. The van der Waals surface area contributed by atoms with Gasteiger partial charge in [-0.3, -0.25) is 0 Å². The second-order valence-corrected chi connectivity index (χ2v) is 3.22. The van der Waals surface area contributed by atoms with Crippen LogP contribution in [0.15, 0.2) is 0 Å². The van der Waals surface area contributed by atoms with Crippen molar-refractivity contribution in [2.75, 3.05) is 21.1 Å². The molecule has 0 aromatic carbocycles. The fourth-order valence-corrected chi connectivity index (χ4v) is 1.08. The molecule has 0 aliphatic carbocycles. The highest BCUT2D eigenvalue weighted by Gasteiger charge is 2.32. The molecular formula is C8H21N3O. The molecule has 0 aliphatic heterocycles. The van der Waals surface area contributed by atoms with Crippen LogP contribution in [0.25, 0.3) is 0 Å². The molecule has 0 bridgehead atoms. The third-order valence-corrected chi connectivity index (χ3v) is 2.56. The Labute approximate surface area is 74.7 Å². The van der Waals surface area contributed by atoms with Crippen LogP contribution in [0, 0.1) is 0 Å². The van der Waals surface area contributed by atoms with Crippen LogP contribution in [0.2, 0.25) is 0 Å². The summed E-state index contributed by atoms with van der Waals surface area (Å²) < 4.78 is 0. The molecule has 0 spiro atoms. The molecule has 0 heterocycles. The molecule has 0 amide bonds. The molecule has 12 heavy (non-hydrogen) atoms. The lowest BCUT2D eigenvalue weighted by Gasteiger charge is -2.37. The number of hydrogen-bond donors (Lipinski definition) is 4.